The quantitative estimate of drug-likeness (QED) is 0.291. The van der Waals surface area contributed by atoms with Gasteiger partial charge in [-0.25, -0.2) is 9.97 Å². The number of piperazine rings is 1. The minimum atomic E-state index is -0.213. The molecule has 1 aromatic heterocycles. The Kier molecular flexibility index (Phi) is 8.98. The van der Waals surface area contributed by atoms with E-state index in [0.29, 0.717) is 36.4 Å². The third-order valence-corrected chi connectivity index (χ3v) is 7.25. The zero-order valence-corrected chi connectivity index (χ0v) is 23.2. The predicted octanol–water partition coefficient (Wildman–Crippen LogP) is 3.75. The fraction of sp³-hybridized carbons (Fsp3) is 0.250. The van der Waals surface area contributed by atoms with E-state index in [1.807, 2.05) is 73.7 Å². The first-order valence-corrected chi connectivity index (χ1v) is 13.8. The van der Waals surface area contributed by atoms with E-state index in [4.69, 9.17) is 5.73 Å². The van der Waals surface area contributed by atoms with Gasteiger partial charge in [0.05, 0.1) is 0 Å². The van der Waals surface area contributed by atoms with Crippen molar-refractivity contribution in [1.29, 1.82) is 0 Å². The number of rotatable bonds is 9. The van der Waals surface area contributed by atoms with Crippen LogP contribution in [0.3, 0.4) is 0 Å². The molecule has 0 aliphatic carbocycles. The molecule has 0 bridgehead atoms. The monoisotopic (exact) mass is 549 g/mol. The van der Waals surface area contributed by atoms with Gasteiger partial charge in [0.1, 0.15) is 0 Å². The van der Waals surface area contributed by atoms with E-state index in [9.17, 15) is 9.59 Å². The van der Waals surface area contributed by atoms with Crippen LogP contribution in [0.2, 0.25) is 0 Å². The molecule has 9 nitrogen and oxygen atoms in total. The molecule has 4 N–H and O–H groups in total. The molecule has 0 atom stereocenters. The van der Waals surface area contributed by atoms with E-state index >= 15 is 0 Å². The molecule has 210 valence electrons. The molecule has 1 aliphatic rings. The molecule has 2 amide bonds. The first-order valence-electron chi connectivity index (χ1n) is 13.8. The summed E-state index contributed by atoms with van der Waals surface area (Å²) in [6, 6.07) is 22.6. The van der Waals surface area contributed by atoms with E-state index in [0.717, 1.165) is 54.4 Å². The van der Waals surface area contributed by atoms with Gasteiger partial charge in [0.2, 0.25) is 5.95 Å². The number of amides is 2. The second-order valence-corrected chi connectivity index (χ2v) is 10.2. The second kappa shape index (κ2) is 13.2. The van der Waals surface area contributed by atoms with Crippen molar-refractivity contribution in [1.82, 2.24) is 20.2 Å². The fourth-order valence-electron chi connectivity index (χ4n) is 4.75. The van der Waals surface area contributed by atoms with E-state index in [2.05, 4.69) is 30.4 Å². The Morgan fingerprint density at radius 3 is 2.17 bits per heavy atom. The van der Waals surface area contributed by atoms with Gasteiger partial charge in [0.15, 0.2) is 0 Å². The minimum absolute atomic E-state index is 0.207. The number of nitrogens with zero attached hydrogens (tertiary/aromatic N) is 4. The third-order valence-electron chi connectivity index (χ3n) is 7.25. The summed E-state index contributed by atoms with van der Waals surface area (Å²) in [5.41, 5.74) is 11.4. The molecule has 5 rings (SSSR count). The molecular weight excluding hydrogens is 514 g/mol. The number of nitrogens with one attached hydrogen (secondary N) is 2. The molecule has 9 heteroatoms. The molecular formula is C32H35N7O2. The number of anilines is 2. The summed E-state index contributed by atoms with van der Waals surface area (Å²) in [4.78, 5) is 39.5. The Morgan fingerprint density at radius 1 is 0.829 bits per heavy atom. The highest BCUT2D eigenvalue weighted by Gasteiger charge is 2.21. The summed E-state index contributed by atoms with van der Waals surface area (Å²) in [6.45, 7) is 6.77. The lowest BCUT2D eigenvalue weighted by atomic mass is 10.1. The summed E-state index contributed by atoms with van der Waals surface area (Å²) in [7, 11) is 0. The van der Waals surface area contributed by atoms with E-state index in [-0.39, 0.29) is 11.8 Å². The van der Waals surface area contributed by atoms with Gasteiger partial charge < -0.3 is 21.3 Å². The first-order chi connectivity index (χ1) is 20.0. The summed E-state index contributed by atoms with van der Waals surface area (Å²) >= 11 is 0. The lowest BCUT2D eigenvalue weighted by Crippen LogP contribution is -2.46. The Hall–Kier alpha value is -4.60. The minimum Gasteiger partial charge on any atom is -0.348 e. The molecule has 0 saturated carbocycles. The van der Waals surface area contributed by atoms with Crippen molar-refractivity contribution >= 4 is 23.5 Å². The molecule has 2 heterocycles. The summed E-state index contributed by atoms with van der Waals surface area (Å²) in [6.07, 6.45) is 3.51. The van der Waals surface area contributed by atoms with Crippen molar-refractivity contribution in [2.24, 2.45) is 5.73 Å². The Morgan fingerprint density at radius 2 is 1.49 bits per heavy atom. The zero-order chi connectivity index (χ0) is 28.6. The molecule has 1 aliphatic heterocycles. The number of aryl methyl sites for hydroxylation is 1. The average molecular weight is 550 g/mol. The number of hydrogen-bond donors (Lipinski definition) is 3. The number of carbonyl (C=O) groups is 2. The smallest absolute Gasteiger partial charge is 0.255 e. The van der Waals surface area contributed by atoms with Crippen LogP contribution >= 0.6 is 0 Å². The molecule has 1 saturated heterocycles. The van der Waals surface area contributed by atoms with Crippen molar-refractivity contribution in [3.63, 3.8) is 0 Å². The maximum absolute atomic E-state index is 13.2. The second-order valence-electron chi connectivity index (χ2n) is 10.2. The molecule has 0 spiro atoms. The van der Waals surface area contributed by atoms with Crippen LogP contribution in [0.1, 0.15) is 43.0 Å². The van der Waals surface area contributed by atoms with Gasteiger partial charge in [-0.3, -0.25) is 14.5 Å². The maximum atomic E-state index is 13.2. The predicted molar refractivity (Wildman–Crippen MR) is 161 cm³/mol. The normalized spacial score (nSPS) is 13.6. The lowest BCUT2D eigenvalue weighted by Gasteiger charge is -2.35. The van der Waals surface area contributed by atoms with E-state index in [1.54, 1.807) is 18.5 Å². The Bertz CT molecular complexity index is 1470. The summed E-state index contributed by atoms with van der Waals surface area (Å²) in [5.74, 6) is 0.320. The van der Waals surface area contributed by atoms with Crippen LogP contribution in [0.15, 0.2) is 85.2 Å². The third kappa shape index (κ3) is 7.33. The van der Waals surface area contributed by atoms with Gasteiger partial charge in [-0.15, -0.1) is 0 Å². The summed E-state index contributed by atoms with van der Waals surface area (Å²) in [5, 5.41) is 6.05. The van der Waals surface area contributed by atoms with Crippen molar-refractivity contribution in [3.05, 3.63) is 119 Å². The average Bonchev–Trinajstić information content (AvgIpc) is 3.02. The van der Waals surface area contributed by atoms with Gasteiger partial charge in [0.25, 0.3) is 11.8 Å². The Labute approximate surface area is 240 Å². The standard InChI is InChI=1S/C32H35N7O2/c1-23-3-9-26(10-4-23)31(41)37-29-19-27(30(40)36-21-25-7-5-24(20-33)6-8-25)11-12-28(29)22-38-15-17-39(18-16-38)32-34-13-2-14-35-32/h2-14,19H,15-18,20-22,33H2,1H3,(H,36,40)(H,37,41). The van der Waals surface area contributed by atoms with E-state index in [1.165, 1.54) is 0 Å². The largest absolute Gasteiger partial charge is 0.348 e. The highest BCUT2D eigenvalue weighted by molar-refractivity contribution is 6.05. The number of hydrogen-bond acceptors (Lipinski definition) is 7. The van der Waals surface area contributed by atoms with E-state index < -0.39 is 0 Å². The van der Waals surface area contributed by atoms with Gasteiger partial charge in [-0.05, 0) is 53.9 Å². The molecule has 1 fully saturated rings. The van der Waals surface area contributed by atoms with Crippen LogP contribution in [0.25, 0.3) is 0 Å². The van der Waals surface area contributed by atoms with Crippen LogP contribution < -0.4 is 21.3 Å². The lowest BCUT2D eigenvalue weighted by molar-refractivity contribution is 0.0949. The highest BCUT2D eigenvalue weighted by atomic mass is 16.2. The zero-order valence-electron chi connectivity index (χ0n) is 23.2. The topological polar surface area (TPSA) is 116 Å². The van der Waals surface area contributed by atoms with Crippen LogP contribution in [-0.4, -0.2) is 52.9 Å². The van der Waals surface area contributed by atoms with Crippen LogP contribution in [0.5, 0.6) is 0 Å². The summed E-state index contributed by atoms with van der Waals surface area (Å²) < 4.78 is 0. The Balaban J connectivity index is 1.30. The van der Waals surface area contributed by atoms with Crippen molar-refractivity contribution in [3.8, 4) is 0 Å². The first kappa shape index (κ1) is 27.9. The SMILES string of the molecule is Cc1ccc(C(=O)Nc2cc(C(=O)NCc3ccc(CN)cc3)ccc2CN2CCN(c3ncccn3)CC2)cc1. The van der Waals surface area contributed by atoms with Gasteiger partial charge >= 0.3 is 0 Å². The van der Waals surface area contributed by atoms with Gasteiger partial charge in [-0.1, -0.05) is 48.0 Å². The highest BCUT2D eigenvalue weighted by Crippen LogP contribution is 2.23. The molecule has 0 unspecified atom stereocenters. The number of benzene rings is 3. The number of aromatic nitrogens is 2. The molecule has 41 heavy (non-hydrogen) atoms. The number of nitrogens with two attached hydrogens (primary N) is 1. The van der Waals surface area contributed by atoms with Gasteiger partial charge in [0, 0.05) is 75.0 Å². The van der Waals surface area contributed by atoms with Gasteiger partial charge in [-0.2, -0.15) is 0 Å². The van der Waals surface area contributed by atoms with Crippen molar-refractivity contribution < 1.29 is 9.59 Å². The van der Waals surface area contributed by atoms with Crippen molar-refractivity contribution in [2.75, 3.05) is 36.4 Å². The molecule has 3 aromatic carbocycles. The number of carbonyl (C=O) groups excluding carboxylic acids is 2. The molecule has 0 radical (unpaired) electrons. The molecule has 4 aromatic rings. The maximum Gasteiger partial charge on any atom is 0.255 e. The van der Waals surface area contributed by atoms with Crippen LogP contribution in [0, 0.1) is 6.92 Å². The van der Waals surface area contributed by atoms with Crippen LogP contribution in [-0.2, 0) is 19.6 Å². The van der Waals surface area contributed by atoms with Crippen LogP contribution in [0.4, 0.5) is 11.6 Å². The fourth-order valence-corrected chi connectivity index (χ4v) is 4.75. The van der Waals surface area contributed by atoms with Crippen molar-refractivity contribution in [2.45, 2.75) is 26.6 Å².